The van der Waals surface area contributed by atoms with E-state index in [1.54, 1.807) is 26.1 Å². The summed E-state index contributed by atoms with van der Waals surface area (Å²) < 4.78 is 5.52. The van der Waals surface area contributed by atoms with Gasteiger partial charge in [-0.05, 0) is 19.1 Å². The van der Waals surface area contributed by atoms with Gasteiger partial charge in [0.1, 0.15) is 11.6 Å². The Bertz CT molecular complexity index is 660. The van der Waals surface area contributed by atoms with Crippen LogP contribution in [0.3, 0.4) is 0 Å². The molecular formula is C12H13N5O3. The van der Waals surface area contributed by atoms with Gasteiger partial charge in [0.25, 0.3) is 5.69 Å². The first-order valence-electron chi connectivity index (χ1n) is 5.75. The summed E-state index contributed by atoms with van der Waals surface area (Å²) in [6.07, 6.45) is 0. The lowest BCUT2D eigenvalue weighted by molar-refractivity contribution is -0.385. The second kappa shape index (κ2) is 5.39. The number of nitrogens with two attached hydrogens (primary N) is 1. The molecule has 0 unspecified atom stereocenters. The van der Waals surface area contributed by atoms with E-state index in [0.717, 1.165) is 0 Å². The van der Waals surface area contributed by atoms with Crippen LogP contribution in [0, 0.1) is 17.0 Å². The lowest BCUT2D eigenvalue weighted by Gasteiger charge is -2.08. The first-order valence-corrected chi connectivity index (χ1v) is 5.75. The first-order chi connectivity index (χ1) is 9.49. The zero-order valence-electron chi connectivity index (χ0n) is 11.0. The Kier molecular flexibility index (Phi) is 3.65. The normalized spacial score (nSPS) is 10.1. The molecule has 0 radical (unpaired) electrons. The van der Waals surface area contributed by atoms with Gasteiger partial charge in [0.05, 0.1) is 4.92 Å². The van der Waals surface area contributed by atoms with E-state index >= 15 is 0 Å². The van der Waals surface area contributed by atoms with Crippen molar-refractivity contribution in [2.24, 2.45) is 0 Å². The van der Waals surface area contributed by atoms with Crippen LogP contribution in [0.5, 0.6) is 11.6 Å². The summed E-state index contributed by atoms with van der Waals surface area (Å²) in [5.41, 5.74) is 6.09. The summed E-state index contributed by atoms with van der Waals surface area (Å²) in [7, 11) is 1.70. The van der Waals surface area contributed by atoms with Crippen molar-refractivity contribution in [3.63, 3.8) is 0 Å². The third kappa shape index (κ3) is 2.91. The van der Waals surface area contributed by atoms with Gasteiger partial charge in [-0.15, -0.1) is 0 Å². The molecule has 1 heterocycles. The largest absolute Gasteiger partial charge is 0.439 e. The number of rotatable bonds is 4. The third-order valence-corrected chi connectivity index (χ3v) is 2.56. The van der Waals surface area contributed by atoms with Crippen molar-refractivity contribution in [2.75, 3.05) is 18.1 Å². The van der Waals surface area contributed by atoms with Crippen LogP contribution in [0.25, 0.3) is 0 Å². The minimum absolute atomic E-state index is 0.0375. The van der Waals surface area contributed by atoms with Gasteiger partial charge in [0, 0.05) is 24.7 Å². The lowest BCUT2D eigenvalue weighted by atomic mass is 10.2. The Hall–Kier alpha value is -2.90. The molecule has 0 saturated carbocycles. The minimum atomic E-state index is -0.444. The number of nitrogens with zero attached hydrogens (tertiary/aromatic N) is 3. The Morgan fingerprint density at radius 1 is 1.35 bits per heavy atom. The monoisotopic (exact) mass is 275 g/mol. The average Bonchev–Trinajstić information content (AvgIpc) is 2.37. The molecule has 1 aromatic carbocycles. The summed E-state index contributed by atoms with van der Waals surface area (Å²) in [5, 5.41) is 13.6. The van der Waals surface area contributed by atoms with Gasteiger partial charge in [-0.2, -0.15) is 9.97 Å². The van der Waals surface area contributed by atoms with E-state index in [1.165, 1.54) is 12.1 Å². The maximum atomic E-state index is 10.7. The standard InChI is InChI=1S/C12H13N5O3/c1-7-5-8(3-4-9(7)17(18)19)20-11-6-10(14-2)15-12(13)16-11/h3-6H,1-2H3,(H3,13,14,15,16). The number of aryl methyl sites for hydroxylation is 1. The van der Waals surface area contributed by atoms with Crippen LogP contribution in [0.15, 0.2) is 24.3 Å². The highest BCUT2D eigenvalue weighted by atomic mass is 16.6. The van der Waals surface area contributed by atoms with Crippen molar-refractivity contribution in [3.05, 3.63) is 39.9 Å². The molecule has 2 aromatic rings. The zero-order chi connectivity index (χ0) is 14.7. The quantitative estimate of drug-likeness (QED) is 0.648. The molecule has 1 aromatic heterocycles. The second-order valence-corrected chi connectivity index (χ2v) is 4.01. The lowest BCUT2D eigenvalue weighted by Crippen LogP contribution is -2.01. The summed E-state index contributed by atoms with van der Waals surface area (Å²) in [4.78, 5) is 18.2. The molecule has 3 N–H and O–H groups in total. The fourth-order valence-corrected chi connectivity index (χ4v) is 1.64. The predicted molar refractivity (Wildman–Crippen MR) is 73.9 cm³/mol. The highest BCUT2D eigenvalue weighted by Crippen LogP contribution is 2.27. The van der Waals surface area contributed by atoms with Crippen LogP contribution in [-0.4, -0.2) is 21.9 Å². The van der Waals surface area contributed by atoms with Crippen molar-refractivity contribution in [3.8, 4) is 11.6 Å². The number of hydrogen-bond acceptors (Lipinski definition) is 7. The highest BCUT2D eigenvalue weighted by Gasteiger charge is 2.11. The van der Waals surface area contributed by atoms with Crippen molar-refractivity contribution in [2.45, 2.75) is 6.92 Å². The predicted octanol–water partition coefficient (Wildman–Crippen LogP) is 2.11. The van der Waals surface area contributed by atoms with E-state index in [9.17, 15) is 10.1 Å². The van der Waals surface area contributed by atoms with Gasteiger partial charge < -0.3 is 15.8 Å². The molecule has 2 rings (SSSR count). The van der Waals surface area contributed by atoms with E-state index in [4.69, 9.17) is 10.5 Å². The molecule has 0 spiro atoms. The number of anilines is 2. The van der Waals surface area contributed by atoms with Crippen LogP contribution in [0.1, 0.15) is 5.56 Å². The Morgan fingerprint density at radius 2 is 2.10 bits per heavy atom. The molecule has 8 nitrogen and oxygen atoms in total. The molecule has 8 heteroatoms. The topological polar surface area (TPSA) is 116 Å². The SMILES string of the molecule is CNc1cc(Oc2ccc([N+](=O)[O-])c(C)c2)nc(N)n1. The Balaban J connectivity index is 2.28. The summed E-state index contributed by atoms with van der Waals surface area (Å²) in [6.45, 7) is 1.64. The number of benzene rings is 1. The number of nitrogen functional groups attached to an aromatic ring is 1. The van der Waals surface area contributed by atoms with Crippen molar-refractivity contribution in [1.82, 2.24) is 9.97 Å². The van der Waals surface area contributed by atoms with Crippen LogP contribution in [0.2, 0.25) is 0 Å². The van der Waals surface area contributed by atoms with Crippen LogP contribution in [-0.2, 0) is 0 Å². The maximum absolute atomic E-state index is 10.7. The smallest absolute Gasteiger partial charge is 0.272 e. The van der Waals surface area contributed by atoms with Crippen molar-refractivity contribution < 1.29 is 9.66 Å². The van der Waals surface area contributed by atoms with Gasteiger partial charge in [0.2, 0.25) is 11.8 Å². The van der Waals surface area contributed by atoms with E-state index in [1.807, 2.05) is 0 Å². The van der Waals surface area contributed by atoms with Crippen LogP contribution < -0.4 is 15.8 Å². The fraction of sp³-hybridized carbons (Fsp3) is 0.167. The zero-order valence-corrected chi connectivity index (χ0v) is 11.0. The average molecular weight is 275 g/mol. The molecule has 0 amide bonds. The fourth-order valence-electron chi connectivity index (χ4n) is 1.64. The number of aromatic nitrogens is 2. The van der Waals surface area contributed by atoms with Crippen LogP contribution in [0.4, 0.5) is 17.5 Å². The maximum Gasteiger partial charge on any atom is 0.272 e. The van der Waals surface area contributed by atoms with Gasteiger partial charge in [-0.3, -0.25) is 10.1 Å². The Morgan fingerprint density at radius 3 is 2.70 bits per heavy atom. The molecule has 0 fully saturated rings. The number of ether oxygens (including phenoxy) is 1. The molecule has 20 heavy (non-hydrogen) atoms. The molecule has 0 saturated heterocycles. The molecule has 104 valence electrons. The second-order valence-electron chi connectivity index (χ2n) is 4.01. The summed E-state index contributed by atoms with van der Waals surface area (Å²) >= 11 is 0. The van der Waals surface area contributed by atoms with Crippen LogP contribution >= 0.6 is 0 Å². The Labute approximate surface area is 114 Å². The summed E-state index contributed by atoms with van der Waals surface area (Å²) in [5.74, 6) is 1.29. The van der Waals surface area contributed by atoms with E-state index in [-0.39, 0.29) is 17.5 Å². The van der Waals surface area contributed by atoms with E-state index in [0.29, 0.717) is 17.1 Å². The molecule has 0 aliphatic rings. The number of hydrogen-bond donors (Lipinski definition) is 2. The minimum Gasteiger partial charge on any atom is -0.439 e. The van der Waals surface area contributed by atoms with Gasteiger partial charge in [0.15, 0.2) is 0 Å². The molecule has 0 aliphatic heterocycles. The van der Waals surface area contributed by atoms with Crippen molar-refractivity contribution in [1.29, 1.82) is 0 Å². The third-order valence-electron chi connectivity index (χ3n) is 2.56. The summed E-state index contributed by atoms with van der Waals surface area (Å²) in [6, 6.07) is 6.03. The molecule has 0 atom stereocenters. The number of nitro groups is 1. The molecular weight excluding hydrogens is 262 g/mol. The molecule has 0 bridgehead atoms. The number of nitrogens with one attached hydrogen (secondary N) is 1. The first kappa shape index (κ1) is 13.5. The number of nitro benzene ring substituents is 1. The van der Waals surface area contributed by atoms with Gasteiger partial charge in [-0.1, -0.05) is 0 Å². The van der Waals surface area contributed by atoms with Gasteiger partial charge in [-0.25, -0.2) is 0 Å². The van der Waals surface area contributed by atoms with Crippen molar-refractivity contribution >= 4 is 17.5 Å². The molecule has 0 aliphatic carbocycles. The van der Waals surface area contributed by atoms with Gasteiger partial charge >= 0.3 is 0 Å². The van der Waals surface area contributed by atoms with E-state index in [2.05, 4.69) is 15.3 Å². The van der Waals surface area contributed by atoms with E-state index < -0.39 is 4.92 Å². The highest BCUT2D eigenvalue weighted by molar-refractivity contribution is 5.47.